The number of hydrogen-bond acceptors (Lipinski definition) is 3. The summed E-state index contributed by atoms with van der Waals surface area (Å²) in [6.45, 7) is 12.9. The molecular weight excluding hydrogens is 346 g/mol. The summed E-state index contributed by atoms with van der Waals surface area (Å²) >= 11 is 0. The summed E-state index contributed by atoms with van der Waals surface area (Å²) in [6.07, 6.45) is 5.69. The Bertz CT molecular complexity index is 709. The molecule has 2 aliphatic rings. The number of carbonyl (C=O) groups is 1. The topological polar surface area (TPSA) is 52.3 Å². The molecule has 0 bridgehead atoms. The summed E-state index contributed by atoms with van der Waals surface area (Å²) in [4.78, 5) is 12.6. The second-order valence-corrected chi connectivity index (χ2v) is 10.1. The van der Waals surface area contributed by atoms with Gasteiger partial charge in [-0.1, -0.05) is 39.8 Å². The number of benzene rings is 1. The van der Waals surface area contributed by atoms with E-state index in [-0.39, 0.29) is 18.0 Å². The normalized spacial score (nSPS) is 28.0. The van der Waals surface area contributed by atoms with Gasteiger partial charge < -0.3 is 10.5 Å². The van der Waals surface area contributed by atoms with E-state index in [1.54, 1.807) is 0 Å². The number of nitrogens with two attached hydrogens (primary N) is 1. The van der Waals surface area contributed by atoms with Crippen LogP contribution in [-0.2, 0) is 16.0 Å². The lowest BCUT2D eigenvalue weighted by atomic mass is 9.63. The molecule has 2 aliphatic carbocycles. The van der Waals surface area contributed by atoms with Crippen LogP contribution in [0.5, 0.6) is 0 Å². The number of carbonyl (C=O) groups excluding carboxylic acids is 1. The summed E-state index contributed by atoms with van der Waals surface area (Å²) < 4.78 is 6.08. The zero-order chi connectivity index (χ0) is 20.6. The summed E-state index contributed by atoms with van der Waals surface area (Å²) in [5.41, 5.74) is 11.9. The Kier molecular flexibility index (Phi) is 6.54. The van der Waals surface area contributed by atoms with Gasteiger partial charge in [-0.25, -0.2) is 0 Å². The zero-order valence-electron chi connectivity index (χ0n) is 18.6. The molecule has 0 aromatic heterocycles. The van der Waals surface area contributed by atoms with Crippen molar-refractivity contribution in [3.05, 3.63) is 34.4 Å². The highest BCUT2D eigenvalue weighted by atomic mass is 16.5. The van der Waals surface area contributed by atoms with Gasteiger partial charge in [0.1, 0.15) is 12.1 Å². The van der Waals surface area contributed by atoms with Crippen LogP contribution >= 0.6 is 0 Å². The largest absolute Gasteiger partial charge is 0.461 e. The Morgan fingerprint density at radius 1 is 1.14 bits per heavy atom. The maximum absolute atomic E-state index is 12.6. The van der Waals surface area contributed by atoms with E-state index in [1.807, 2.05) is 13.8 Å². The van der Waals surface area contributed by atoms with Crippen molar-refractivity contribution >= 4 is 5.97 Å². The number of hydrogen-bond donors (Lipinski definition) is 1. The zero-order valence-corrected chi connectivity index (χ0v) is 18.6. The third-order valence-corrected chi connectivity index (χ3v) is 7.16. The quantitative estimate of drug-likeness (QED) is 0.700. The summed E-state index contributed by atoms with van der Waals surface area (Å²) in [7, 11) is 0. The number of aryl methyl sites for hydroxylation is 3. The molecule has 1 saturated carbocycles. The van der Waals surface area contributed by atoms with Gasteiger partial charge in [-0.3, -0.25) is 4.79 Å². The highest BCUT2D eigenvalue weighted by Crippen LogP contribution is 2.49. The standard InChI is InChI=1S/C25H39NO2/c1-14(2)9-20-12-19-8-7-18-10-16(5)17(6)11-21(18)22(19)13-23(20)28-25(27)24(26)15(3)4/h10-11,14-15,19-20,22-24H,7-9,12-13,26H2,1-6H3/t19?,20-,22+,23-,24+/m1/s1. The van der Waals surface area contributed by atoms with E-state index < -0.39 is 6.04 Å². The van der Waals surface area contributed by atoms with Gasteiger partial charge in [0.15, 0.2) is 0 Å². The second kappa shape index (κ2) is 8.57. The number of esters is 1. The van der Waals surface area contributed by atoms with Crippen LogP contribution in [0.3, 0.4) is 0 Å². The van der Waals surface area contributed by atoms with Crippen LogP contribution in [0.25, 0.3) is 0 Å². The van der Waals surface area contributed by atoms with E-state index in [9.17, 15) is 4.79 Å². The van der Waals surface area contributed by atoms with Crippen molar-refractivity contribution < 1.29 is 9.53 Å². The van der Waals surface area contributed by atoms with Crippen LogP contribution in [0.1, 0.15) is 81.5 Å². The molecule has 0 spiro atoms. The van der Waals surface area contributed by atoms with Crippen LogP contribution in [0.2, 0.25) is 0 Å². The SMILES string of the molecule is Cc1cc2c(cc1C)[C@H]1C[C@@H](OC(=O)[C@@H](N)C(C)C)[C@H](CC(C)C)CC1CC2. The molecule has 1 unspecified atom stereocenters. The highest BCUT2D eigenvalue weighted by Gasteiger charge is 2.42. The maximum atomic E-state index is 12.6. The molecule has 3 heteroatoms. The molecule has 156 valence electrons. The highest BCUT2D eigenvalue weighted by molar-refractivity contribution is 5.76. The van der Waals surface area contributed by atoms with Gasteiger partial charge in [0.25, 0.3) is 0 Å². The molecular formula is C25H39NO2. The van der Waals surface area contributed by atoms with Gasteiger partial charge in [0.05, 0.1) is 0 Å². The van der Waals surface area contributed by atoms with Crippen LogP contribution in [0, 0.1) is 37.5 Å². The van der Waals surface area contributed by atoms with Gasteiger partial charge in [-0.05, 0) is 97.8 Å². The molecule has 0 amide bonds. The predicted molar refractivity (Wildman–Crippen MR) is 115 cm³/mol. The third kappa shape index (κ3) is 4.45. The molecule has 1 aromatic carbocycles. The van der Waals surface area contributed by atoms with Gasteiger partial charge >= 0.3 is 5.97 Å². The van der Waals surface area contributed by atoms with Gasteiger partial charge in [0.2, 0.25) is 0 Å². The van der Waals surface area contributed by atoms with Crippen LogP contribution < -0.4 is 5.73 Å². The molecule has 2 N–H and O–H groups in total. The average Bonchev–Trinajstić information content (AvgIpc) is 2.62. The minimum Gasteiger partial charge on any atom is -0.461 e. The predicted octanol–water partition coefficient (Wildman–Crippen LogP) is 5.30. The lowest BCUT2D eigenvalue weighted by molar-refractivity contribution is -0.158. The summed E-state index contributed by atoms with van der Waals surface area (Å²) in [6, 6.07) is 4.26. The van der Waals surface area contributed by atoms with Gasteiger partial charge in [-0.15, -0.1) is 0 Å². The Balaban J connectivity index is 1.85. The molecule has 3 rings (SSSR count). The van der Waals surface area contributed by atoms with E-state index in [0.29, 0.717) is 23.7 Å². The maximum Gasteiger partial charge on any atom is 0.323 e. The minimum absolute atomic E-state index is 0.00601. The first-order chi connectivity index (χ1) is 13.2. The molecule has 0 aliphatic heterocycles. The fraction of sp³-hybridized carbons (Fsp3) is 0.720. The van der Waals surface area contributed by atoms with Crippen LogP contribution in [0.4, 0.5) is 0 Å². The molecule has 0 radical (unpaired) electrons. The van der Waals surface area contributed by atoms with Crippen molar-refractivity contribution in [3.8, 4) is 0 Å². The lowest BCUT2D eigenvalue weighted by Gasteiger charge is -2.45. The van der Waals surface area contributed by atoms with E-state index >= 15 is 0 Å². The van der Waals surface area contributed by atoms with Crippen LogP contribution in [0.15, 0.2) is 12.1 Å². The Morgan fingerprint density at radius 3 is 2.46 bits per heavy atom. The van der Waals surface area contributed by atoms with Gasteiger partial charge in [0, 0.05) is 0 Å². The van der Waals surface area contributed by atoms with Crippen LogP contribution in [-0.4, -0.2) is 18.1 Å². The summed E-state index contributed by atoms with van der Waals surface area (Å²) in [5.74, 6) is 2.18. The smallest absolute Gasteiger partial charge is 0.323 e. The van der Waals surface area contributed by atoms with Crippen molar-refractivity contribution in [2.45, 2.75) is 91.7 Å². The van der Waals surface area contributed by atoms with Gasteiger partial charge in [-0.2, -0.15) is 0 Å². The van der Waals surface area contributed by atoms with E-state index in [2.05, 4.69) is 39.8 Å². The number of ether oxygens (including phenoxy) is 1. The molecule has 5 atom stereocenters. The third-order valence-electron chi connectivity index (χ3n) is 7.16. The first kappa shape index (κ1) is 21.4. The lowest BCUT2D eigenvalue weighted by Crippen LogP contribution is -2.44. The second-order valence-electron chi connectivity index (χ2n) is 10.1. The average molecular weight is 386 g/mol. The molecule has 1 fully saturated rings. The minimum atomic E-state index is -0.527. The molecule has 0 heterocycles. The molecule has 1 aromatic rings. The molecule has 0 saturated heterocycles. The number of fused-ring (bicyclic) bond motifs is 3. The monoisotopic (exact) mass is 385 g/mol. The fourth-order valence-corrected chi connectivity index (χ4v) is 5.34. The summed E-state index contributed by atoms with van der Waals surface area (Å²) in [5, 5.41) is 0. The first-order valence-electron chi connectivity index (χ1n) is 11.2. The van der Waals surface area contributed by atoms with Crippen molar-refractivity contribution in [3.63, 3.8) is 0 Å². The Labute approximate surface area is 171 Å². The van der Waals surface area contributed by atoms with E-state index in [1.165, 1.54) is 41.5 Å². The fourth-order valence-electron chi connectivity index (χ4n) is 5.34. The van der Waals surface area contributed by atoms with E-state index in [4.69, 9.17) is 10.5 Å². The van der Waals surface area contributed by atoms with Crippen molar-refractivity contribution in [1.82, 2.24) is 0 Å². The van der Waals surface area contributed by atoms with Crippen molar-refractivity contribution in [1.29, 1.82) is 0 Å². The van der Waals surface area contributed by atoms with Crippen molar-refractivity contribution in [2.24, 2.45) is 29.4 Å². The van der Waals surface area contributed by atoms with E-state index in [0.717, 1.165) is 12.8 Å². The number of rotatable bonds is 5. The molecule has 28 heavy (non-hydrogen) atoms. The Hall–Kier alpha value is -1.35. The first-order valence-corrected chi connectivity index (χ1v) is 11.2. The molecule has 3 nitrogen and oxygen atoms in total. The Morgan fingerprint density at radius 2 is 1.82 bits per heavy atom. The van der Waals surface area contributed by atoms with Crippen molar-refractivity contribution in [2.75, 3.05) is 0 Å².